The Labute approximate surface area is 199 Å². The number of fused-ring (bicyclic) bond motifs is 1. The highest BCUT2D eigenvalue weighted by molar-refractivity contribution is 6.53. The van der Waals surface area contributed by atoms with Crippen molar-refractivity contribution in [3.8, 4) is 11.5 Å². The maximum atomic E-state index is 11.9. The van der Waals surface area contributed by atoms with Gasteiger partial charge in [-0.3, -0.25) is 4.90 Å². The molecule has 1 saturated heterocycles. The molecule has 2 heterocycles. The molecule has 0 saturated carbocycles. The van der Waals surface area contributed by atoms with Crippen LogP contribution < -0.4 is 19.7 Å². The van der Waals surface area contributed by atoms with Crippen molar-refractivity contribution < 1.29 is 14.3 Å². The molecule has 4 rings (SSSR count). The molecule has 32 heavy (non-hydrogen) atoms. The Kier molecular flexibility index (Phi) is 7.66. The monoisotopic (exact) mass is 477 g/mol. The number of rotatable bonds is 7. The van der Waals surface area contributed by atoms with Crippen LogP contribution in [0.4, 0.5) is 11.4 Å². The lowest BCUT2D eigenvalue weighted by Crippen LogP contribution is -2.47. The standard InChI is InChI=1S/C24H29Cl2N3O3/c1-31-20-7-3-2-6-19(20)29-15-13-28(14-16-29)12-10-17-8-9-21(32-24(30)23(25)26)22-18(17)5-4-11-27-22/h2-3,6-9,23,27H,4-5,10-16H2,1H3. The minimum Gasteiger partial charge on any atom is -0.495 e. The van der Waals surface area contributed by atoms with Gasteiger partial charge < -0.3 is 19.7 Å². The van der Waals surface area contributed by atoms with E-state index in [2.05, 4.69) is 33.3 Å². The first kappa shape index (κ1) is 23.0. The lowest BCUT2D eigenvalue weighted by Gasteiger charge is -2.36. The van der Waals surface area contributed by atoms with Gasteiger partial charge in [0.25, 0.3) is 0 Å². The maximum absolute atomic E-state index is 11.9. The zero-order chi connectivity index (χ0) is 22.5. The van der Waals surface area contributed by atoms with Gasteiger partial charge in [0.1, 0.15) is 5.75 Å². The SMILES string of the molecule is COc1ccccc1N1CCN(CCc2ccc(OC(=O)C(Cl)Cl)c3c2CCCN3)CC1. The van der Waals surface area contributed by atoms with Crippen LogP contribution in [0.25, 0.3) is 0 Å². The molecule has 0 atom stereocenters. The number of nitrogens with one attached hydrogen (secondary N) is 1. The molecule has 1 N–H and O–H groups in total. The van der Waals surface area contributed by atoms with Crippen molar-refractivity contribution >= 4 is 40.5 Å². The van der Waals surface area contributed by atoms with Crippen LogP contribution in [0.15, 0.2) is 36.4 Å². The Morgan fingerprint density at radius 2 is 1.88 bits per heavy atom. The first-order valence-corrected chi connectivity index (χ1v) is 11.9. The molecule has 0 amide bonds. The molecular weight excluding hydrogens is 449 g/mol. The van der Waals surface area contributed by atoms with Crippen molar-refractivity contribution in [2.45, 2.75) is 24.1 Å². The number of piperazine rings is 1. The number of hydrogen-bond acceptors (Lipinski definition) is 6. The number of methoxy groups -OCH3 is 1. The average Bonchev–Trinajstić information content (AvgIpc) is 2.83. The average molecular weight is 478 g/mol. The molecule has 172 valence electrons. The summed E-state index contributed by atoms with van der Waals surface area (Å²) in [4.78, 5) is 15.6. The second kappa shape index (κ2) is 10.6. The third-order valence-corrected chi connectivity index (χ3v) is 6.52. The Morgan fingerprint density at radius 3 is 2.62 bits per heavy atom. The summed E-state index contributed by atoms with van der Waals surface area (Å²) in [6, 6.07) is 12.1. The number of hydrogen-bond donors (Lipinski definition) is 1. The van der Waals surface area contributed by atoms with E-state index in [1.807, 2.05) is 18.2 Å². The number of alkyl halides is 2. The van der Waals surface area contributed by atoms with Crippen molar-refractivity contribution in [3.63, 3.8) is 0 Å². The predicted molar refractivity (Wildman–Crippen MR) is 130 cm³/mol. The molecule has 2 aromatic carbocycles. The smallest absolute Gasteiger partial charge is 0.344 e. The summed E-state index contributed by atoms with van der Waals surface area (Å²) in [5.74, 6) is 0.782. The van der Waals surface area contributed by atoms with Gasteiger partial charge in [-0.15, -0.1) is 0 Å². The quantitative estimate of drug-likeness (QED) is 0.367. The molecule has 2 aromatic rings. The van der Waals surface area contributed by atoms with Crippen LogP contribution in [0.2, 0.25) is 0 Å². The molecule has 0 spiro atoms. The molecule has 1 fully saturated rings. The summed E-state index contributed by atoms with van der Waals surface area (Å²) in [5.41, 5.74) is 4.59. The van der Waals surface area contributed by atoms with Gasteiger partial charge in [0.15, 0.2) is 5.75 Å². The summed E-state index contributed by atoms with van der Waals surface area (Å²) >= 11 is 11.3. The summed E-state index contributed by atoms with van der Waals surface area (Å²) < 4.78 is 10.9. The van der Waals surface area contributed by atoms with E-state index in [4.69, 9.17) is 32.7 Å². The summed E-state index contributed by atoms with van der Waals surface area (Å²) in [5, 5.41) is 3.39. The van der Waals surface area contributed by atoms with E-state index in [0.717, 1.165) is 75.7 Å². The van der Waals surface area contributed by atoms with Crippen LogP contribution in [0.3, 0.4) is 0 Å². The summed E-state index contributed by atoms with van der Waals surface area (Å²) in [6.07, 6.45) is 2.99. The molecular formula is C24H29Cl2N3O3. The molecule has 0 bridgehead atoms. The number of anilines is 2. The Morgan fingerprint density at radius 1 is 1.09 bits per heavy atom. The number of esters is 1. The number of benzene rings is 2. The highest BCUT2D eigenvalue weighted by Gasteiger charge is 2.23. The van der Waals surface area contributed by atoms with E-state index in [1.54, 1.807) is 7.11 Å². The van der Waals surface area contributed by atoms with Gasteiger partial charge in [-0.25, -0.2) is 4.79 Å². The van der Waals surface area contributed by atoms with Crippen molar-refractivity contribution in [1.29, 1.82) is 0 Å². The molecule has 0 unspecified atom stereocenters. The number of carbonyl (C=O) groups excluding carboxylic acids is 1. The molecule has 0 aliphatic carbocycles. The van der Waals surface area contributed by atoms with E-state index in [0.29, 0.717) is 5.75 Å². The van der Waals surface area contributed by atoms with Crippen LogP contribution >= 0.6 is 23.2 Å². The Balaban J connectivity index is 1.38. The fourth-order valence-electron chi connectivity index (χ4n) is 4.48. The number of nitrogens with zero attached hydrogens (tertiary/aromatic N) is 2. The van der Waals surface area contributed by atoms with Crippen molar-refractivity contribution in [2.75, 3.05) is 56.6 Å². The van der Waals surface area contributed by atoms with Crippen LogP contribution in [0, 0.1) is 0 Å². The van der Waals surface area contributed by atoms with Crippen LogP contribution in [0.5, 0.6) is 11.5 Å². The zero-order valence-corrected chi connectivity index (χ0v) is 19.8. The normalized spacial score (nSPS) is 16.4. The van der Waals surface area contributed by atoms with Crippen molar-refractivity contribution in [1.82, 2.24) is 4.90 Å². The van der Waals surface area contributed by atoms with E-state index in [1.165, 1.54) is 11.1 Å². The third-order valence-electron chi connectivity index (χ3n) is 6.16. The summed E-state index contributed by atoms with van der Waals surface area (Å²) in [6.45, 7) is 5.84. The van der Waals surface area contributed by atoms with Gasteiger partial charge in [0, 0.05) is 39.3 Å². The molecule has 2 aliphatic heterocycles. The topological polar surface area (TPSA) is 54.0 Å². The van der Waals surface area contributed by atoms with Crippen LogP contribution in [-0.4, -0.2) is 62.1 Å². The molecule has 0 radical (unpaired) electrons. The van der Waals surface area contributed by atoms with Gasteiger partial charge in [0.2, 0.25) is 4.84 Å². The van der Waals surface area contributed by atoms with Crippen molar-refractivity contribution in [2.24, 2.45) is 0 Å². The van der Waals surface area contributed by atoms with E-state index in [9.17, 15) is 4.79 Å². The van der Waals surface area contributed by atoms with Gasteiger partial charge in [-0.05, 0) is 48.6 Å². The van der Waals surface area contributed by atoms with Gasteiger partial charge in [0.05, 0.1) is 18.5 Å². The fourth-order valence-corrected chi connectivity index (χ4v) is 4.57. The largest absolute Gasteiger partial charge is 0.495 e. The van der Waals surface area contributed by atoms with Crippen LogP contribution in [-0.2, 0) is 17.6 Å². The maximum Gasteiger partial charge on any atom is 0.344 e. The first-order chi connectivity index (χ1) is 15.6. The molecule has 8 heteroatoms. The van der Waals surface area contributed by atoms with Crippen LogP contribution in [0.1, 0.15) is 17.5 Å². The van der Waals surface area contributed by atoms with E-state index >= 15 is 0 Å². The highest BCUT2D eigenvalue weighted by atomic mass is 35.5. The third kappa shape index (κ3) is 5.25. The minimum atomic E-state index is -1.19. The Hall–Kier alpha value is -2.15. The van der Waals surface area contributed by atoms with Crippen molar-refractivity contribution in [3.05, 3.63) is 47.5 Å². The fraction of sp³-hybridized carbons (Fsp3) is 0.458. The lowest BCUT2D eigenvalue weighted by atomic mass is 9.95. The first-order valence-electron chi connectivity index (χ1n) is 11.1. The van der Waals surface area contributed by atoms with Gasteiger partial charge >= 0.3 is 5.97 Å². The molecule has 6 nitrogen and oxygen atoms in total. The second-order valence-corrected chi connectivity index (χ2v) is 9.18. The minimum absolute atomic E-state index is 0.505. The molecule has 0 aromatic heterocycles. The highest BCUT2D eigenvalue weighted by Crippen LogP contribution is 2.36. The van der Waals surface area contributed by atoms with Gasteiger partial charge in [-0.1, -0.05) is 41.4 Å². The van der Waals surface area contributed by atoms with E-state index in [-0.39, 0.29) is 0 Å². The van der Waals surface area contributed by atoms with Gasteiger partial charge in [-0.2, -0.15) is 0 Å². The number of carbonyl (C=O) groups is 1. The van der Waals surface area contributed by atoms with E-state index < -0.39 is 10.8 Å². The molecule has 2 aliphatic rings. The number of para-hydroxylation sites is 2. The Bertz CT molecular complexity index is 946. The predicted octanol–water partition coefficient (Wildman–Crippen LogP) is 4.13. The number of ether oxygens (including phenoxy) is 2. The zero-order valence-electron chi connectivity index (χ0n) is 18.3. The summed E-state index contributed by atoms with van der Waals surface area (Å²) in [7, 11) is 1.72. The lowest BCUT2D eigenvalue weighted by molar-refractivity contribution is -0.132. The second-order valence-electron chi connectivity index (χ2n) is 8.08. The number of halogens is 2.